The van der Waals surface area contributed by atoms with Gasteiger partial charge < -0.3 is 15.0 Å². The van der Waals surface area contributed by atoms with Crippen molar-refractivity contribution >= 4 is 17.3 Å². The van der Waals surface area contributed by atoms with Crippen LogP contribution in [0.15, 0.2) is 42.5 Å². The first-order chi connectivity index (χ1) is 10.2. The summed E-state index contributed by atoms with van der Waals surface area (Å²) >= 11 is 0. The number of anilines is 2. The van der Waals surface area contributed by atoms with E-state index in [-0.39, 0.29) is 5.91 Å². The number of hydrogen-bond donors (Lipinski definition) is 1. The molecular formula is C17H18N2O2. The lowest BCUT2D eigenvalue weighted by atomic mass is 10.1. The van der Waals surface area contributed by atoms with Crippen molar-refractivity contribution in [2.75, 3.05) is 30.9 Å². The molecule has 1 heterocycles. The summed E-state index contributed by atoms with van der Waals surface area (Å²) in [6.07, 6.45) is 1.02. The average molecular weight is 282 g/mol. The Hall–Kier alpha value is -2.49. The largest absolute Gasteiger partial charge is 0.495 e. The number of carbonyl (C=O) groups is 1. The average Bonchev–Trinajstić information content (AvgIpc) is 3.00. The number of carbonyl (C=O) groups excluding carboxylic acids is 1. The zero-order valence-electron chi connectivity index (χ0n) is 12.2. The van der Waals surface area contributed by atoms with Gasteiger partial charge in [-0.25, -0.2) is 0 Å². The van der Waals surface area contributed by atoms with Gasteiger partial charge >= 0.3 is 0 Å². The van der Waals surface area contributed by atoms with E-state index < -0.39 is 0 Å². The Morgan fingerprint density at radius 2 is 2.05 bits per heavy atom. The first-order valence-corrected chi connectivity index (χ1v) is 6.98. The van der Waals surface area contributed by atoms with Gasteiger partial charge in [-0.1, -0.05) is 18.2 Å². The fourth-order valence-electron chi connectivity index (χ4n) is 2.63. The normalized spacial score (nSPS) is 12.5. The zero-order valence-corrected chi connectivity index (χ0v) is 12.2. The maximum absolute atomic E-state index is 12.7. The monoisotopic (exact) mass is 282 g/mol. The van der Waals surface area contributed by atoms with Gasteiger partial charge in [-0.15, -0.1) is 0 Å². The highest BCUT2D eigenvalue weighted by molar-refractivity contribution is 6.07. The SMILES string of the molecule is COc1ccccc1N(C)C(=O)c1ccc2c(c1)NCC2. The van der Waals surface area contributed by atoms with Gasteiger partial charge in [0.15, 0.2) is 0 Å². The van der Waals surface area contributed by atoms with Crippen molar-refractivity contribution in [1.82, 2.24) is 0 Å². The second-order valence-electron chi connectivity index (χ2n) is 5.08. The van der Waals surface area contributed by atoms with Crippen LogP contribution in [0, 0.1) is 0 Å². The molecule has 4 nitrogen and oxygen atoms in total. The minimum Gasteiger partial charge on any atom is -0.495 e. The van der Waals surface area contributed by atoms with Crippen LogP contribution < -0.4 is 15.0 Å². The number of nitrogens with zero attached hydrogens (tertiary/aromatic N) is 1. The highest BCUT2D eigenvalue weighted by Crippen LogP contribution is 2.29. The number of para-hydroxylation sites is 2. The van der Waals surface area contributed by atoms with E-state index in [2.05, 4.69) is 5.32 Å². The third kappa shape index (κ3) is 2.44. The molecule has 0 spiro atoms. The molecule has 3 rings (SSSR count). The molecule has 21 heavy (non-hydrogen) atoms. The van der Waals surface area contributed by atoms with Gasteiger partial charge in [-0.2, -0.15) is 0 Å². The van der Waals surface area contributed by atoms with Gasteiger partial charge in [0.25, 0.3) is 5.91 Å². The third-order valence-corrected chi connectivity index (χ3v) is 3.82. The summed E-state index contributed by atoms with van der Waals surface area (Å²) in [6.45, 7) is 0.940. The lowest BCUT2D eigenvalue weighted by molar-refractivity contribution is 0.0992. The molecule has 0 aromatic heterocycles. The van der Waals surface area contributed by atoms with Crippen LogP contribution in [0.2, 0.25) is 0 Å². The number of ether oxygens (including phenoxy) is 1. The molecule has 0 aliphatic carbocycles. The van der Waals surface area contributed by atoms with Crippen LogP contribution in [0.1, 0.15) is 15.9 Å². The van der Waals surface area contributed by atoms with Crippen LogP contribution in [-0.2, 0) is 6.42 Å². The van der Waals surface area contributed by atoms with Crippen LogP contribution in [-0.4, -0.2) is 26.6 Å². The standard InChI is InChI=1S/C17H18N2O2/c1-19(15-5-3-4-6-16(15)21-2)17(20)13-8-7-12-9-10-18-14(12)11-13/h3-8,11,18H,9-10H2,1-2H3. The summed E-state index contributed by atoms with van der Waals surface area (Å²) in [5.41, 5.74) is 3.77. The number of nitrogens with one attached hydrogen (secondary N) is 1. The third-order valence-electron chi connectivity index (χ3n) is 3.82. The second kappa shape index (κ2) is 5.48. The minimum atomic E-state index is -0.0454. The molecule has 1 aliphatic heterocycles. The van der Waals surface area contributed by atoms with Crippen LogP contribution >= 0.6 is 0 Å². The minimum absolute atomic E-state index is 0.0454. The maximum atomic E-state index is 12.7. The van der Waals surface area contributed by atoms with Crippen molar-refractivity contribution in [1.29, 1.82) is 0 Å². The number of fused-ring (bicyclic) bond motifs is 1. The zero-order chi connectivity index (χ0) is 14.8. The molecule has 108 valence electrons. The molecule has 1 amide bonds. The Labute approximate surface area is 124 Å². The Bertz CT molecular complexity index is 682. The highest BCUT2D eigenvalue weighted by atomic mass is 16.5. The van der Waals surface area contributed by atoms with Crippen LogP contribution in [0.3, 0.4) is 0 Å². The predicted molar refractivity (Wildman–Crippen MR) is 84.4 cm³/mol. The quantitative estimate of drug-likeness (QED) is 0.941. The van der Waals surface area contributed by atoms with Gasteiger partial charge in [0.2, 0.25) is 0 Å². The summed E-state index contributed by atoms with van der Waals surface area (Å²) < 4.78 is 5.32. The van der Waals surface area contributed by atoms with Gasteiger partial charge in [0.1, 0.15) is 5.75 Å². The van der Waals surface area contributed by atoms with Gasteiger partial charge in [-0.05, 0) is 36.2 Å². The first-order valence-electron chi connectivity index (χ1n) is 6.98. The molecule has 0 radical (unpaired) electrons. The van der Waals surface area contributed by atoms with E-state index >= 15 is 0 Å². The summed E-state index contributed by atoms with van der Waals surface area (Å²) in [5, 5.41) is 3.30. The predicted octanol–water partition coefficient (Wildman–Crippen LogP) is 2.94. The van der Waals surface area contributed by atoms with Crippen molar-refractivity contribution in [2.45, 2.75) is 6.42 Å². The number of benzene rings is 2. The number of methoxy groups -OCH3 is 1. The molecule has 4 heteroatoms. The van der Waals surface area contributed by atoms with Crippen LogP contribution in [0.4, 0.5) is 11.4 Å². The summed E-state index contributed by atoms with van der Waals surface area (Å²) in [5.74, 6) is 0.642. The van der Waals surface area contributed by atoms with Crippen LogP contribution in [0.5, 0.6) is 5.75 Å². The molecule has 0 saturated carbocycles. The van der Waals surface area contributed by atoms with Gasteiger partial charge in [-0.3, -0.25) is 4.79 Å². The van der Waals surface area contributed by atoms with Crippen molar-refractivity contribution in [3.63, 3.8) is 0 Å². The fourth-order valence-corrected chi connectivity index (χ4v) is 2.63. The first kappa shape index (κ1) is 13.5. The molecule has 1 aliphatic rings. The van der Waals surface area contributed by atoms with E-state index in [4.69, 9.17) is 4.74 Å². The van der Waals surface area contributed by atoms with Crippen LogP contribution in [0.25, 0.3) is 0 Å². The lowest BCUT2D eigenvalue weighted by Crippen LogP contribution is -2.26. The van der Waals surface area contributed by atoms with Gasteiger partial charge in [0.05, 0.1) is 12.8 Å². The highest BCUT2D eigenvalue weighted by Gasteiger charge is 2.19. The smallest absolute Gasteiger partial charge is 0.258 e. The maximum Gasteiger partial charge on any atom is 0.258 e. The van der Waals surface area contributed by atoms with E-state index in [1.54, 1.807) is 19.1 Å². The summed E-state index contributed by atoms with van der Waals surface area (Å²) in [6, 6.07) is 13.4. The van der Waals surface area contributed by atoms with E-state index in [9.17, 15) is 4.79 Å². The molecule has 2 aromatic carbocycles. The Morgan fingerprint density at radius 3 is 2.86 bits per heavy atom. The Kier molecular flexibility index (Phi) is 3.52. The molecule has 0 unspecified atom stereocenters. The van der Waals surface area contributed by atoms with Crippen molar-refractivity contribution in [3.05, 3.63) is 53.6 Å². The molecule has 0 bridgehead atoms. The van der Waals surface area contributed by atoms with Crippen molar-refractivity contribution in [2.24, 2.45) is 0 Å². The molecule has 1 N–H and O–H groups in total. The molecule has 0 saturated heterocycles. The van der Waals surface area contributed by atoms with E-state index in [0.29, 0.717) is 11.3 Å². The fraction of sp³-hybridized carbons (Fsp3) is 0.235. The van der Waals surface area contributed by atoms with E-state index in [1.165, 1.54) is 5.56 Å². The number of hydrogen-bond acceptors (Lipinski definition) is 3. The Morgan fingerprint density at radius 1 is 1.24 bits per heavy atom. The Balaban J connectivity index is 1.91. The van der Waals surface area contributed by atoms with E-state index in [1.807, 2.05) is 42.5 Å². The molecule has 0 atom stereocenters. The van der Waals surface area contributed by atoms with Gasteiger partial charge in [0, 0.05) is 24.8 Å². The summed E-state index contributed by atoms with van der Waals surface area (Å²) in [7, 11) is 3.37. The van der Waals surface area contributed by atoms with Crippen molar-refractivity contribution in [3.8, 4) is 5.75 Å². The second-order valence-corrected chi connectivity index (χ2v) is 5.08. The number of amides is 1. The molecule has 2 aromatic rings. The molecule has 0 fully saturated rings. The van der Waals surface area contributed by atoms with E-state index in [0.717, 1.165) is 24.3 Å². The molecular weight excluding hydrogens is 264 g/mol. The van der Waals surface area contributed by atoms with Crippen molar-refractivity contribution < 1.29 is 9.53 Å². The lowest BCUT2D eigenvalue weighted by Gasteiger charge is -2.20. The summed E-state index contributed by atoms with van der Waals surface area (Å²) in [4.78, 5) is 14.3. The number of rotatable bonds is 3. The topological polar surface area (TPSA) is 41.6 Å².